The Kier molecular flexibility index (Phi) is 5.34. The number of halogens is 3. The third kappa shape index (κ3) is 3.81. The highest BCUT2D eigenvalue weighted by Crippen LogP contribution is 2.32. The highest BCUT2D eigenvalue weighted by molar-refractivity contribution is 6.36. The molecule has 0 aliphatic heterocycles. The lowest BCUT2D eigenvalue weighted by Gasteiger charge is -2.20. The van der Waals surface area contributed by atoms with Crippen LogP contribution in [-0.2, 0) is 4.79 Å². The van der Waals surface area contributed by atoms with E-state index < -0.39 is 18.0 Å². The van der Waals surface area contributed by atoms with Gasteiger partial charge in [0, 0.05) is 19.0 Å². The number of nitrogens with one attached hydrogen (secondary N) is 1. The lowest BCUT2D eigenvalue weighted by molar-refractivity contribution is -0.119. The van der Waals surface area contributed by atoms with Crippen molar-refractivity contribution in [3.05, 3.63) is 33.6 Å². The van der Waals surface area contributed by atoms with Gasteiger partial charge in [-0.25, -0.2) is 4.39 Å². The van der Waals surface area contributed by atoms with Gasteiger partial charge in [-0.2, -0.15) is 0 Å². The number of hydrogen-bond acceptors (Lipinski definition) is 3. The molecule has 7 heteroatoms. The summed E-state index contributed by atoms with van der Waals surface area (Å²) in [5, 5.41) is 21.7. The summed E-state index contributed by atoms with van der Waals surface area (Å²) in [6.07, 6.45) is -2.72. The van der Waals surface area contributed by atoms with E-state index in [9.17, 15) is 19.4 Å². The molecule has 0 bridgehead atoms. The van der Waals surface area contributed by atoms with E-state index in [2.05, 4.69) is 5.32 Å². The zero-order valence-corrected chi connectivity index (χ0v) is 11.0. The second-order valence-corrected chi connectivity index (χ2v) is 4.55. The molecule has 0 spiro atoms. The van der Waals surface area contributed by atoms with Crippen LogP contribution in [0.25, 0.3) is 0 Å². The monoisotopic (exact) mass is 295 g/mol. The number of hydrogen-bond donors (Lipinski definition) is 3. The number of carbonyl (C=O) groups excluding carboxylic acids is 1. The quantitative estimate of drug-likeness (QED) is 0.791. The molecule has 0 aliphatic carbocycles. The molecule has 1 rings (SSSR count). The number of carbonyl (C=O) groups is 1. The first kappa shape index (κ1) is 15.2. The van der Waals surface area contributed by atoms with E-state index in [1.165, 1.54) is 6.92 Å². The highest BCUT2D eigenvalue weighted by atomic mass is 35.5. The summed E-state index contributed by atoms with van der Waals surface area (Å²) in [7, 11) is 0. The minimum atomic E-state index is -1.42. The summed E-state index contributed by atoms with van der Waals surface area (Å²) < 4.78 is 13.0. The molecule has 1 aromatic carbocycles. The van der Waals surface area contributed by atoms with Crippen LogP contribution in [0.15, 0.2) is 12.1 Å². The largest absolute Gasteiger partial charge is 0.388 e. The first-order valence-corrected chi connectivity index (χ1v) is 5.83. The van der Waals surface area contributed by atoms with Crippen LogP contribution >= 0.6 is 23.2 Å². The van der Waals surface area contributed by atoms with Crippen molar-refractivity contribution in [1.29, 1.82) is 0 Å². The first-order valence-electron chi connectivity index (χ1n) is 5.08. The summed E-state index contributed by atoms with van der Waals surface area (Å²) in [4.78, 5) is 10.7. The van der Waals surface area contributed by atoms with E-state index in [4.69, 9.17) is 23.2 Å². The van der Waals surface area contributed by atoms with Crippen molar-refractivity contribution < 1.29 is 19.4 Å². The van der Waals surface area contributed by atoms with Crippen molar-refractivity contribution in [3.63, 3.8) is 0 Å². The lowest BCUT2D eigenvalue weighted by atomic mass is 10.0. The van der Waals surface area contributed by atoms with Crippen LogP contribution in [0.4, 0.5) is 4.39 Å². The summed E-state index contributed by atoms with van der Waals surface area (Å²) in [6, 6.07) is 1.97. The fourth-order valence-electron chi connectivity index (χ4n) is 1.39. The van der Waals surface area contributed by atoms with E-state index in [1.54, 1.807) is 0 Å². The SMILES string of the molecule is CC(=O)NCC(O)C(O)c1c(Cl)cc(F)cc1Cl. The molecule has 4 nitrogen and oxygen atoms in total. The maximum Gasteiger partial charge on any atom is 0.216 e. The van der Waals surface area contributed by atoms with Gasteiger partial charge in [0.05, 0.1) is 10.0 Å². The molecule has 0 saturated heterocycles. The van der Waals surface area contributed by atoms with Gasteiger partial charge >= 0.3 is 0 Å². The molecule has 0 heterocycles. The molecule has 1 amide bonds. The maximum absolute atomic E-state index is 13.0. The number of aliphatic hydroxyl groups excluding tert-OH is 2. The summed E-state index contributed by atoms with van der Waals surface area (Å²) in [5.41, 5.74) is 0.0255. The van der Waals surface area contributed by atoms with E-state index in [0.29, 0.717) is 0 Å². The van der Waals surface area contributed by atoms with Crippen molar-refractivity contribution in [3.8, 4) is 0 Å². The Morgan fingerprint density at radius 1 is 1.39 bits per heavy atom. The van der Waals surface area contributed by atoms with Crippen molar-refractivity contribution in [1.82, 2.24) is 5.32 Å². The molecule has 2 atom stereocenters. The second kappa shape index (κ2) is 6.33. The third-order valence-electron chi connectivity index (χ3n) is 2.26. The number of benzene rings is 1. The van der Waals surface area contributed by atoms with Crippen LogP contribution in [-0.4, -0.2) is 28.8 Å². The third-order valence-corrected chi connectivity index (χ3v) is 2.89. The van der Waals surface area contributed by atoms with Gasteiger partial charge in [-0.15, -0.1) is 0 Å². The van der Waals surface area contributed by atoms with Crippen molar-refractivity contribution in [2.24, 2.45) is 0 Å². The smallest absolute Gasteiger partial charge is 0.216 e. The summed E-state index contributed by atoms with van der Waals surface area (Å²) >= 11 is 11.5. The molecule has 3 N–H and O–H groups in total. The normalized spacial score (nSPS) is 14.1. The van der Waals surface area contributed by atoms with Gasteiger partial charge < -0.3 is 15.5 Å². The Balaban J connectivity index is 2.89. The minimum absolute atomic E-state index is 0.0255. The first-order chi connectivity index (χ1) is 8.32. The van der Waals surface area contributed by atoms with Crippen molar-refractivity contribution >= 4 is 29.1 Å². The van der Waals surface area contributed by atoms with E-state index in [1.807, 2.05) is 0 Å². The molecule has 0 radical (unpaired) electrons. The number of aliphatic hydroxyl groups is 2. The Labute approximate surface area is 113 Å². The van der Waals surface area contributed by atoms with Crippen molar-refractivity contribution in [2.45, 2.75) is 19.1 Å². The number of amides is 1. The average Bonchev–Trinajstić information content (AvgIpc) is 2.24. The predicted molar refractivity (Wildman–Crippen MR) is 66.1 cm³/mol. The average molecular weight is 296 g/mol. The Morgan fingerprint density at radius 3 is 2.33 bits per heavy atom. The summed E-state index contributed by atoms with van der Waals surface area (Å²) in [6.45, 7) is 1.11. The molecule has 18 heavy (non-hydrogen) atoms. The molecule has 0 aliphatic rings. The van der Waals surface area contributed by atoms with Gasteiger partial charge in [-0.1, -0.05) is 23.2 Å². The van der Waals surface area contributed by atoms with Gasteiger partial charge in [-0.05, 0) is 12.1 Å². The second-order valence-electron chi connectivity index (χ2n) is 3.73. The zero-order valence-electron chi connectivity index (χ0n) is 9.45. The Morgan fingerprint density at radius 2 is 1.89 bits per heavy atom. The van der Waals surface area contributed by atoms with Crippen LogP contribution in [0.5, 0.6) is 0 Å². The Hall–Kier alpha value is -0.880. The van der Waals surface area contributed by atoms with Crippen LogP contribution in [0.3, 0.4) is 0 Å². The fraction of sp³-hybridized carbons (Fsp3) is 0.364. The van der Waals surface area contributed by atoms with E-state index in [-0.39, 0.29) is 28.1 Å². The zero-order chi connectivity index (χ0) is 13.9. The van der Waals surface area contributed by atoms with Crippen molar-refractivity contribution in [2.75, 3.05) is 6.54 Å². The molecular weight excluding hydrogens is 284 g/mol. The van der Waals surface area contributed by atoms with Gasteiger partial charge in [0.2, 0.25) is 5.91 Å². The lowest BCUT2D eigenvalue weighted by Crippen LogP contribution is -2.34. The standard InChI is InChI=1S/C11H12Cl2FNO3/c1-5(16)15-4-9(17)11(18)10-7(12)2-6(14)3-8(10)13/h2-3,9,11,17-18H,4H2,1H3,(H,15,16). The van der Waals surface area contributed by atoms with E-state index in [0.717, 1.165) is 12.1 Å². The molecule has 1 aromatic rings. The van der Waals surface area contributed by atoms with Gasteiger partial charge in [0.1, 0.15) is 18.0 Å². The van der Waals surface area contributed by atoms with Gasteiger partial charge in [-0.3, -0.25) is 4.79 Å². The van der Waals surface area contributed by atoms with Gasteiger partial charge in [0.15, 0.2) is 0 Å². The van der Waals surface area contributed by atoms with Crippen LogP contribution in [0.2, 0.25) is 10.0 Å². The maximum atomic E-state index is 13.0. The van der Waals surface area contributed by atoms with Gasteiger partial charge in [0.25, 0.3) is 0 Å². The predicted octanol–water partition coefficient (Wildman–Crippen LogP) is 1.66. The molecule has 2 unspecified atom stereocenters. The molecule has 0 aromatic heterocycles. The topological polar surface area (TPSA) is 69.6 Å². The van der Waals surface area contributed by atoms with Crippen LogP contribution < -0.4 is 5.32 Å². The van der Waals surface area contributed by atoms with Crippen LogP contribution in [0.1, 0.15) is 18.6 Å². The molecule has 100 valence electrons. The molecule has 0 saturated carbocycles. The Bertz CT molecular complexity index is 433. The minimum Gasteiger partial charge on any atom is -0.388 e. The van der Waals surface area contributed by atoms with E-state index >= 15 is 0 Å². The van der Waals surface area contributed by atoms with Crippen LogP contribution in [0, 0.1) is 5.82 Å². The highest BCUT2D eigenvalue weighted by Gasteiger charge is 2.24. The molecule has 0 fully saturated rings. The fourth-order valence-corrected chi connectivity index (χ4v) is 2.07. The number of rotatable bonds is 4. The summed E-state index contributed by atoms with van der Waals surface area (Å²) in [5.74, 6) is -0.991. The molecular formula is C11H12Cl2FNO3.